The van der Waals surface area contributed by atoms with Crippen molar-refractivity contribution in [2.45, 2.75) is 6.92 Å². The van der Waals surface area contributed by atoms with E-state index < -0.39 is 0 Å². The standard InChI is InChI=1S/C21H14N2S/c1-13-22-19(15-8-3-2-4-9-15)21-20(23-13)18-16-10-6-5-7-14(16)11-12-17(18)24-21/h2-12H,1H3. The van der Waals surface area contributed by atoms with Gasteiger partial charge in [-0.25, -0.2) is 9.97 Å². The van der Waals surface area contributed by atoms with E-state index in [1.165, 1.54) is 20.9 Å². The summed E-state index contributed by atoms with van der Waals surface area (Å²) < 4.78 is 2.43. The lowest BCUT2D eigenvalue weighted by Crippen LogP contribution is -1.91. The molecule has 0 aliphatic rings. The van der Waals surface area contributed by atoms with Crippen LogP contribution in [0.3, 0.4) is 0 Å². The Labute approximate surface area is 143 Å². The van der Waals surface area contributed by atoms with Crippen LogP contribution in [0.2, 0.25) is 0 Å². The predicted octanol–water partition coefficient (Wildman–Crippen LogP) is 5.97. The van der Waals surface area contributed by atoms with Crippen molar-refractivity contribution in [3.05, 3.63) is 72.6 Å². The van der Waals surface area contributed by atoms with Gasteiger partial charge in [0.25, 0.3) is 0 Å². The van der Waals surface area contributed by atoms with Crippen molar-refractivity contribution in [2.75, 3.05) is 0 Å². The minimum absolute atomic E-state index is 0.814. The van der Waals surface area contributed by atoms with Crippen LogP contribution in [0.25, 0.3) is 42.3 Å². The average molecular weight is 326 g/mol. The molecule has 0 bridgehead atoms. The van der Waals surface area contributed by atoms with E-state index in [0.717, 1.165) is 27.3 Å². The van der Waals surface area contributed by atoms with Gasteiger partial charge in [0, 0.05) is 15.6 Å². The van der Waals surface area contributed by atoms with E-state index in [1.54, 1.807) is 11.3 Å². The van der Waals surface area contributed by atoms with Crippen LogP contribution in [-0.2, 0) is 0 Å². The first kappa shape index (κ1) is 13.6. The fourth-order valence-corrected chi connectivity index (χ4v) is 4.48. The van der Waals surface area contributed by atoms with E-state index in [1.807, 2.05) is 13.0 Å². The summed E-state index contributed by atoms with van der Waals surface area (Å²) in [5, 5.41) is 3.76. The van der Waals surface area contributed by atoms with Crippen molar-refractivity contribution in [1.82, 2.24) is 9.97 Å². The highest BCUT2D eigenvalue weighted by atomic mass is 32.1. The second kappa shape index (κ2) is 5.11. The van der Waals surface area contributed by atoms with E-state index in [-0.39, 0.29) is 0 Å². The second-order valence-electron chi connectivity index (χ2n) is 5.93. The number of rotatable bonds is 1. The van der Waals surface area contributed by atoms with Crippen LogP contribution in [-0.4, -0.2) is 9.97 Å². The van der Waals surface area contributed by atoms with Crippen LogP contribution in [0.1, 0.15) is 5.82 Å². The molecule has 5 rings (SSSR count). The van der Waals surface area contributed by atoms with Crippen LogP contribution in [0.4, 0.5) is 0 Å². The molecule has 2 aromatic heterocycles. The smallest absolute Gasteiger partial charge is 0.126 e. The van der Waals surface area contributed by atoms with E-state index in [9.17, 15) is 0 Å². The Morgan fingerprint density at radius 3 is 2.46 bits per heavy atom. The van der Waals surface area contributed by atoms with E-state index in [4.69, 9.17) is 9.97 Å². The quantitative estimate of drug-likeness (QED) is 0.379. The number of hydrogen-bond acceptors (Lipinski definition) is 3. The molecule has 0 aliphatic heterocycles. The number of hydrogen-bond donors (Lipinski definition) is 0. The van der Waals surface area contributed by atoms with Crippen molar-refractivity contribution in [3.63, 3.8) is 0 Å². The summed E-state index contributed by atoms with van der Waals surface area (Å²) in [6.07, 6.45) is 0. The van der Waals surface area contributed by atoms with Gasteiger partial charge in [-0.05, 0) is 23.8 Å². The molecule has 5 aromatic rings. The number of aryl methyl sites for hydroxylation is 1. The molecular formula is C21H14N2S. The molecule has 0 unspecified atom stereocenters. The molecule has 0 fully saturated rings. The first-order valence-corrected chi connectivity index (χ1v) is 8.77. The molecule has 2 heterocycles. The van der Waals surface area contributed by atoms with Gasteiger partial charge in [0.2, 0.25) is 0 Å². The Hall–Kier alpha value is -2.78. The number of fused-ring (bicyclic) bond motifs is 5. The Balaban J connectivity index is 1.99. The molecule has 3 aromatic carbocycles. The molecule has 0 radical (unpaired) electrons. The van der Waals surface area contributed by atoms with Crippen LogP contribution in [0, 0.1) is 6.92 Å². The zero-order valence-corrected chi connectivity index (χ0v) is 14.0. The SMILES string of the molecule is Cc1nc(-c2ccccc2)c2sc3ccc4ccccc4c3c2n1. The Morgan fingerprint density at radius 1 is 0.792 bits per heavy atom. The van der Waals surface area contributed by atoms with Crippen LogP contribution in [0.5, 0.6) is 0 Å². The van der Waals surface area contributed by atoms with E-state index >= 15 is 0 Å². The van der Waals surface area contributed by atoms with E-state index in [2.05, 4.69) is 60.7 Å². The van der Waals surface area contributed by atoms with Crippen molar-refractivity contribution < 1.29 is 0 Å². The zero-order chi connectivity index (χ0) is 16.1. The summed E-state index contributed by atoms with van der Waals surface area (Å²) in [6, 6.07) is 23.3. The fourth-order valence-electron chi connectivity index (χ4n) is 3.31. The minimum Gasteiger partial charge on any atom is -0.232 e. The zero-order valence-electron chi connectivity index (χ0n) is 13.2. The monoisotopic (exact) mass is 326 g/mol. The maximum absolute atomic E-state index is 4.80. The summed E-state index contributed by atoms with van der Waals surface area (Å²) in [5.41, 5.74) is 3.24. The maximum atomic E-state index is 4.80. The van der Waals surface area contributed by atoms with Crippen LogP contribution >= 0.6 is 11.3 Å². The van der Waals surface area contributed by atoms with Gasteiger partial charge < -0.3 is 0 Å². The molecule has 0 saturated heterocycles. The summed E-state index contributed by atoms with van der Waals surface area (Å²) in [4.78, 5) is 9.55. The first-order chi connectivity index (χ1) is 11.8. The highest BCUT2D eigenvalue weighted by molar-refractivity contribution is 7.26. The molecule has 0 saturated carbocycles. The number of thiophene rings is 1. The number of nitrogens with zero attached hydrogens (tertiary/aromatic N) is 2. The molecule has 24 heavy (non-hydrogen) atoms. The van der Waals surface area contributed by atoms with Gasteiger partial charge >= 0.3 is 0 Å². The lowest BCUT2D eigenvalue weighted by Gasteiger charge is -2.04. The van der Waals surface area contributed by atoms with Gasteiger partial charge in [-0.2, -0.15) is 0 Å². The molecule has 114 valence electrons. The average Bonchev–Trinajstić information content (AvgIpc) is 3.00. The second-order valence-corrected chi connectivity index (χ2v) is 6.98. The minimum atomic E-state index is 0.814. The third kappa shape index (κ3) is 1.95. The van der Waals surface area contributed by atoms with Gasteiger partial charge in [0.15, 0.2) is 0 Å². The molecular weight excluding hydrogens is 312 g/mol. The summed E-state index contributed by atoms with van der Waals surface area (Å²) in [7, 11) is 0. The summed E-state index contributed by atoms with van der Waals surface area (Å²) in [5.74, 6) is 0.814. The fraction of sp³-hybridized carbons (Fsp3) is 0.0476. The lowest BCUT2D eigenvalue weighted by molar-refractivity contribution is 1.10. The molecule has 0 atom stereocenters. The van der Waals surface area contributed by atoms with Crippen molar-refractivity contribution >= 4 is 42.4 Å². The van der Waals surface area contributed by atoms with Gasteiger partial charge in [-0.3, -0.25) is 0 Å². The number of aromatic nitrogens is 2. The first-order valence-electron chi connectivity index (χ1n) is 7.95. The Kier molecular flexibility index (Phi) is 2.91. The Bertz CT molecular complexity index is 1210. The highest BCUT2D eigenvalue weighted by Crippen LogP contribution is 2.41. The molecule has 2 nitrogen and oxygen atoms in total. The van der Waals surface area contributed by atoms with E-state index in [0.29, 0.717) is 0 Å². The molecule has 0 amide bonds. The van der Waals surface area contributed by atoms with Gasteiger partial charge in [0.1, 0.15) is 5.82 Å². The van der Waals surface area contributed by atoms with Crippen LogP contribution in [0.15, 0.2) is 66.7 Å². The van der Waals surface area contributed by atoms with Gasteiger partial charge in [-0.1, -0.05) is 60.7 Å². The third-order valence-electron chi connectivity index (χ3n) is 4.36. The third-order valence-corrected chi connectivity index (χ3v) is 5.52. The van der Waals surface area contributed by atoms with Gasteiger partial charge in [0.05, 0.1) is 15.9 Å². The molecule has 3 heteroatoms. The molecule has 0 N–H and O–H groups in total. The lowest BCUT2D eigenvalue weighted by atomic mass is 10.1. The van der Waals surface area contributed by atoms with Crippen molar-refractivity contribution in [2.24, 2.45) is 0 Å². The largest absolute Gasteiger partial charge is 0.232 e. The highest BCUT2D eigenvalue weighted by Gasteiger charge is 2.15. The molecule has 0 spiro atoms. The van der Waals surface area contributed by atoms with Crippen molar-refractivity contribution in [1.29, 1.82) is 0 Å². The number of benzene rings is 3. The Morgan fingerprint density at radius 2 is 1.58 bits per heavy atom. The normalized spacial score (nSPS) is 11.5. The van der Waals surface area contributed by atoms with Crippen molar-refractivity contribution in [3.8, 4) is 11.3 Å². The predicted molar refractivity (Wildman–Crippen MR) is 103 cm³/mol. The van der Waals surface area contributed by atoms with Crippen LogP contribution < -0.4 is 0 Å². The summed E-state index contributed by atoms with van der Waals surface area (Å²) >= 11 is 1.78. The van der Waals surface area contributed by atoms with Gasteiger partial charge in [-0.15, -0.1) is 11.3 Å². The molecule has 0 aliphatic carbocycles. The maximum Gasteiger partial charge on any atom is 0.126 e. The topological polar surface area (TPSA) is 25.8 Å². The summed E-state index contributed by atoms with van der Waals surface area (Å²) in [6.45, 7) is 1.97.